The number of thioether (sulfide) groups is 1. The smallest absolute Gasteiger partial charge is 0.245 e. The molecule has 0 aliphatic carbocycles. The van der Waals surface area contributed by atoms with E-state index in [0.717, 1.165) is 5.56 Å². The molecule has 0 radical (unpaired) electrons. The van der Waals surface area contributed by atoms with E-state index in [1.807, 2.05) is 18.2 Å². The quantitative estimate of drug-likeness (QED) is 0.880. The fourth-order valence-electron chi connectivity index (χ4n) is 2.99. The van der Waals surface area contributed by atoms with E-state index in [2.05, 4.69) is 5.32 Å². The molecule has 2 heterocycles. The molecular formula is C16H19N3O3S. The van der Waals surface area contributed by atoms with Crippen LogP contribution in [0.25, 0.3) is 0 Å². The van der Waals surface area contributed by atoms with Crippen molar-refractivity contribution in [2.75, 3.05) is 31.0 Å². The Balaban J connectivity index is 1.88. The highest BCUT2D eigenvalue weighted by Gasteiger charge is 2.41. The molecule has 0 saturated carbocycles. The molecule has 0 spiro atoms. The molecule has 1 saturated heterocycles. The Morgan fingerprint density at radius 1 is 1.30 bits per heavy atom. The Labute approximate surface area is 139 Å². The van der Waals surface area contributed by atoms with Crippen molar-refractivity contribution in [3.8, 4) is 0 Å². The van der Waals surface area contributed by atoms with E-state index in [-0.39, 0.29) is 24.1 Å². The predicted octanol–water partition coefficient (Wildman–Crippen LogP) is 1.10. The molecule has 122 valence electrons. The highest BCUT2D eigenvalue weighted by molar-refractivity contribution is 7.99. The Morgan fingerprint density at radius 3 is 2.78 bits per heavy atom. The van der Waals surface area contributed by atoms with Gasteiger partial charge >= 0.3 is 0 Å². The summed E-state index contributed by atoms with van der Waals surface area (Å²) in [6.07, 6.45) is 0.125. The van der Waals surface area contributed by atoms with Crippen molar-refractivity contribution in [3.63, 3.8) is 0 Å². The van der Waals surface area contributed by atoms with E-state index in [0.29, 0.717) is 17.3 Å². The molecule has 0 aromatic heterocycles. The first kappa shape index (κ1) is 15.9. The molecule has 2 aliphatic rings. The van der Waals surface area contributed by atoms with E-state index >= 15 is 0 Å². The average molecular weight is 333 g/mol. The van der Waals surface area contributed by atoms with Gasteiger partial charge in [-0.1, -0.05) is 18.2 Å². The first-order chi connectivity index (χ1) is 11.0. The molecule has 0 unspecified atom stereocenters. The molecule has 23 heavy (non-hydrogen) atoms. The zero-order chi connectivity index (χ0) is 16.6. The maximum absolute atomic E-state index is 13.0. The van der Waals surface area contributed by atoms with Crippen molar-refractivity contribution < 1.29 is 14.4 Å². The number of para-hydroxylation sites is 1. The Kier molecular flexibility index (Phi) is 4.30. The van der Waals surface area contributed by atoms with Gasteiger partial charge in [-0.25, -0.2) is 0 Å². The van der Waals surface area contributed by atoms with Crippen LogP contribution >= 0.6 is 11.8 Å². The van der Waals surface area contributed by atoms with E-state index in [9.17, 15) is 14.4 Å². The van der Waals surface area contributed by atoms with Crippen LogP contribution in [0.15, 0.2) is 24.3 Å². The number of fused-ring (bicyclic) bond motifs is 1. The minimum atomic E-state index is -0.517. The summed E-state index contributed by atoms with van der Waals surface area (Å²) in [7, 11) is 3.38. The number of hydrogen-bond donors (Lipinski definition) is 1. The molecule has 3 amide bonds. The summed E-state index contributed by atoms with van der Waals surface area (Å²) < 4.78 is 0. The van der Waals surface area contributed by atoms with Crippen molar-refractivity contribution in [2.45, 2.75) is 18.4 Å². The van der Waals surface area contributed by atoms with Gasteiger partial charge in [0.05, 0.1) is 11.8 Å². The van der Waals surface area contributed by atoms with Gasteiger partial charge in [0.1, 0.15) is 6.04 Å². The Morgan fingerprint density at radius 2 is 2.04 bits per heavy atom. The summed E-state index contributed by atoms with van der Waals surface area (Å²) in [4.78, 5) is 40.3. The minimum absolute atomic E-state index is 0.0723. The van der Waals surface area contributed by atoms with Crippen LogP contribution in [0.1, 0.15) is 17.9 Å². The molecule has 6 nitrogen and oxygen atoms in total. The fourth-order valence-corrected chi connectivity index (χ4v) is 4.15. The van der Waals surface area contributed by atoms with Crippen molar-refractivity contribution >= 4 is 35.2 Å². The number of likely N-dealkylation sites (N-methyl/N-ethyl adjacent to an activating group) is 1. The molecule has 2 atom stereocenters. The van der Waals surface area contributed by atoms with E-state index in [1.54, 1.807) is 36.8 Å². The number of benzene rings is 1. The molecule has 3 rings (SSSR count). The highest BCUT2D eigenvalue weighted by atomic mass is 32.2. The Bertz CT molecular complexity index is 662. The van der Waals surface area contributed by atoms with Crippen LogP contribution in [0.4, 0.5) is 5.69 Å². The molecule has 1 fully saturated rings. The van der Waals surface area contributed by atoms with Crippen LogP contribution in [0.2, 0.25) is 0 Å². The van der Waals surface area contributed by atoms with Gasteiger partial charge in [0, 0.05) is 32.0 Å². The number of carbonyl (C=O) groups excluding carboxylic acids is 3. The zero-order valence-electron chi connectivity index (χ0n) is 13.1. The summed E-state index contributed by atoms with van der Waals surface area (Å²) in [6.45, 7) is 0. The topological polar surface area (TPSA) is 69.7 Å². The van der Waals surface area contributed by atoms with Gasteiger partial charge < -0.3 is 15.1 Å². The number of amides is 3. The van der Waals surface area contributed by atoms with Crippen molar-refractivity contribution in [3.05, 3.63) is 29.8 Å². The Hall–Kier alpha value is -2.02. The lowest BCUT2D eigenvalue weighted by atomic mass is 9.89. The number of rotatable bonds is 2. The third-order valence-corrected chi connectivity index (χ3v) is 5.20. The summed E-state index contributed by atoms with van der Waals surface area (Å²) in [5, 5.41) is 2.80. The second-order valence-corrected chi connectivity index (χ2v) is 6.95. The first-order valence-electron chi connectivity index (χ1n) is 7.47. The number of anilines is 1. The van der Waals surface area contributed by atoms with Crippen molar-refractivity contribution in [1.29, 1.82) is 0 Å². The molecule has 1 aromatic carbocycles. The lowest BCUT2D eigenvalue weighted by Gasteiger charge is -2.31. The summed E-state index contributed by atoms with van der Waals surface area (Å²) in [5.41, 5.74) is 1.51. The van der Waals surface area contributed by atoms with Gasteiger partial charge in [0.25, 0.3) is 0 Å². The lowest BCUT2D eigenvalue weighted by Crippen LogP contribution is -2.49. The predicted molar refractivity (Wildman–Crippen MR) is 89.1 cm³/mol. The van der Waals surface area contributed by atoms with E-state index < -0.39 is 12.0 Å². The zero-order valence-corrected chi connectivity index (χ0v) is 13.9. The van der Waals surface area contributed by atoms with E-state index in [4.69, 9.17) is 0 Å². The van der Waals surface area contributed by atoms with Gasteiger partial charge in [-0.3, -0.25) is 14.4 Å². The minimum Gasteiger partial charge on any atom is -0.347 e. The van der Waals surface area contributed by atoms with E-state index in [1.165, 1.54) is 4.90 Å². The monoisotopic (exact) mass is 333 g/mol. The number of nitrogens with zero attached hydrogens (tertiary/aromatic N) is 2. The van der Waals surface area contributed by atoms with Gasteiger partial charge in [-0.15, -0.1) is 11.8 Å². The standard InChI is InChI=1S/C16H19N3O3S/c1-18(2)16(22)13-8-23-9-19(13)15(21)11-7-14(20)17-12-6-4-3-5-10(11)12/h3-6,11,13H,7-9H2,1-2H3,(H,17,20)/t11-,13-/m1/s1. The van der Waals surface area contributed by atoms with Gasteiger partial charge in [-0.05, 0) is 11.6 Å². The number of hydrogen-bond acceptors (Lipinski definition) is 4. The summed E-state index contributed by atoms with van der Waals surface area (Å²) in [6, 6.07) is 6.91. The second-order valence-electron chi connectivity index (χ2n) is 5.95. The van der Waals surface area contributed by atoms with Crippen LogP contribution in [0.3, 0.4) is 0 Å². The molecule has 1 N–H and O–H groups in total. The SMILES string of the molecule is CN(C)C(=O)[C@H]1CSCN1C(=O)[C@@H]1CC(=O)Nc2ccccc21. The van der Waals surface area contributed by atoms with Crippen molar-refractivity contribution in [1.82, 2.24) is 9.80 Å². The van der Waals surface area contributed by atoms with Crippen LogP contribution < -0.4 is 5.32 Å². The van der Waals surface area contributed by atoms with Gasteiger partial charge in [0.15, 0.2) is 0 Å². The summed E-state index contributed by atoms with van der Waals surface area (Å²) >= 11 is 1.57. The lowest BCUT2D eigenvalue weighted by molar-refractivity contribution is -0.143. The molecule has 1 aromatic rings. The fraction of sp³-hybridized carbons (Fsp3) is 0.438. The first-order valence-corrected chi connectivity index (χ1v) is 8.62. The second kappa shape index (κ2) is 6.23. The third-order valence-electron chi connectivity index (χ3n) is 4.19. The molecule has 2 aliphatic heterocycles. The van der Waals surface area contributed by atoms with Gasteiger partial charge in [-0.2, -0.15) is 0 Å². The van der Waals surface area contributed by atoms with Crippen LogP contribution in [0, 0.1) is 0 Å². The highest BCUT2D eigenvalue weighted by Crippen LogP contribution is 2.35. The van der Waals surface area contributed by atoms with Crippen LogP contribution in [-0.2, 0) is 14.4 Å². The van der Waals surface area contributed by atoms with Crippen LogP contribution in [-0.4, -0.2) is 59.3 Å². The molecule has 7 heteroatoms. The molecule has 0 bridgehead atoms. The maximum atomic E-state index is 13.0. The maximum Gasteiger partial charge on any atom is 0.245 e. The molecular weight excluding hydrogens is 314 g/mol. The normalized spacial score (nSPS) is 23.2. The van der Waals surface area contributed by atoms with Gasteiger partial charge in [0.2, 0.25) is 17.7 Å². The average Bonchev–Trinajstić information content (AvgIpc) is 3.01. The number of carbonyl (C=O) groups is 3. The largest absolute Gasteiger partial charge is 0.347 e. The number of nitrogens with one attached hydrogen (secondary N) is 1. The van der Waals surface area contributed by atoms with Crippen LogP contribution in [0.5, 0.6) is 0 Å². The van der Waals surface area contributed by atoms with Crippen molar-refractivity contribution in [2.24, 2.45) is 0 Å². The summed E-state index contributed by atoms with van der Waals surface area (Å²) in [5.74, 6) is 0.196. The third kappa shape index (κ3) is 2.93.